The normalized spacial score (nSPS) is 13.6. The third-order valence-corrected chi connectivity index (χ3v) is 3.60. The van der Waals surface area contributed by atoms with Gasteiger partial charge < -0.3 is 4.74 Å². The number of rotatable bonds is 6. The van der Waals surface area contributed by atoms with Crippen molar-refractivity contribution in [2.75, 3.05) is 0 Å². The van der Waals surface area contributed by atoms with Crippen LogP contribution < -0.4 is 10.2 Å². The molecule has 0 unspecified atom stereocenters. The van der Waals surface area contributed by atoms with Crippen LogP contribution in [0.15, 0.2) is 26.2 Å². The smallest absolute Gasteiger partial charge is 0.462 e. The lowest BCUT2D eigenvalue weighted by molar-refractivity contribution is -0.361. The minimum atomic E-state index is -6.44. The molecule has 1 aromatic rings. The van der Waals surface area contributed by atoms with E-state index in [1.54, 1.807) is 19.9 Å². The van der Waals surface area contributed by atoms with Crippen molar-refractivity contribution >= 4 is 38.1 Å². The standard InChI is InChI=1S/C13H11Br2F7N2O/c1-6(2)25-10-7(3-8(14)4-9(10)15)5-23-24-13(21,22)11(16,17)12(18,19)20/h3-6,24H,1-2H3/b23-5-. The molecule has 1 aromatic carbocycles. The molecule has 0 radical (unpaired) electrons. The summed E-state index contributed by atoms with van der Waals surface area (Å²) in [5.41, 5.74) is 0.617. The summed E-state index contributed by atoms with van der Waals surface area (Å²) in [5, 5.41) is 2.82. The Kier molecular flexibility index (Phi) is 6.76. The van der Waals surface area contributed by atoms with Crippen molar-refractivity contribution in [1.82, 2.24) is 5.43 Å². The average molecular weight is 504 g/mol. The van der Waals surface area contributed by atoms with E-state index < -0.39 is 18.1 Å². The second kappa shape index (κ2) is 7.68. The molecule has 0 aliphatic heterocycles. The average Bonchev–Trinajstić information content (AvgIpc) is 2.40. The molecule has 0 saturated heterocycles. The summed E-state index contributed by atoms with van der Waals surface area (Å²) in [6.45, 7) is 3.34. The van der Waals surface area contributed by atoms with Gasteiger partial charge in [0.15, 0.2) is 0 Å². The molecule has 0 saturated carbocycles. The van der Waals surface area contributed by atoms with Gasteiger partial charge in [-0.2, -0.15) is 35.8 Å². The van der Waals surface area contributed by atoms with Crippen molar-refractivity contribution in [2.45, 2.75) is 38.1 Å². The number of alkyl halides is 7. The van der Waals surface area contributed by atoms with Gasteiger partial charge in [0.2, 0.25) is 0 Å². The van der Waals surface area contributed by atoms with Crippen LogP contribution in [0.1, 0.15) is 19.4 Å². The summed E-state index contributed by atoms with van der Waals surface area (Å²) in [7, 11) is 0. The minimum absolute atomic E-state index is 0.0635. The molecule has 0 aliphatic rings. The maximum absolute atomic E-state index is 13.1. The highest BCUT2D eigenvalue weighted by Crippen LogP contribution is 2.45. The first kappa shape index (κ1) is 22.0. The SMILES string of the molecule is CC(C)Oc1c(Br)cc(Br)cc1/C=N\NC(F)(F)C(F)(F)C(F)(F)F. The molecule has 1 rings (SSSR count). The van der Waals surface area contributed by atoms with Gasteiger partial charge in [-0.15, -0.1) is 0 Å². The summed E-state index contributed by atoms with van der Waals surface area (Å²) in [5.74, 6) is -6.15. The van der Waals surface area contributed by atoms with Crippen LogP contribution in [0.5, 0.6) is 5.75 Å². The summed E-state index contributed by atoms with van der Waals surface area (Å²) >= 11 is 6.28. The zero-order chi connectivity index (χ0) is 19.6. The second-order valence-electron chi connectivity index (χ2n) is 4.99. The van der Waals surface area contributed by atoms with Crippen LogP contribution in [0.2, 0.25) is 0 Å². The van der Waals surface area contributed by atoms with Gasteiger partial charge in [0, 0.05) is 10.0 Å². The molecule has 25 heavy (non-hydrogen) atoms. The zero-order valence-electron chi connectivity index (χ0n) is 12.6. The van der Waals surface area contributed by atoms with E-state index in [0.717, 1.165) is 0 Å². The number of nitrogens with zero attached hydrogens (tertiary/aromatic N) is 1. The Morgan fingerprint density at radius 3 is 2.12 bits per heavy atom. The van der Waals surface area contributed by atoms with Crippen LogP contribution in [0, 0.1) is 0 Å². The first-order valence-electron chi connectivity index (χ1n) is 6.47. The maximum atomic E-state index is 13.1. The number of benzene rings is 1. The fourth-order valence-electron chi connectivity index (χ4n) is 1.47. The van der Waals surface area contributed by atoms with Crippen LogP contribution in [0.25, 0.3) is 0 Å². The van der Waals surface area contributed by atoms with E-state index in [-0.39, 0.29) is 17.4 Å². The summed E-state index contributed by atoms with van der Waals surface area (Å²) < 4.78 is 94.2. The van der Waals surface area contributed by atoms with Gasteiger partial charge in [-0.1, -0.05) is 15.9 Å². The molecule has 0 spiro atoms. The molecule has 0 heterocycles. The van der Waals surface area contributed by atoms with E-state index in [1.807, 2.05) is 0 Å². The van der Waals surface area contributed by atoms with Crippen LogP contribution >= 0.6 is 31.9 Å². The molecule has 0 fully saturated rings. The lowest BCUT2D eigenvalue weighted by atomic mass is 10.2. The first-order valence-corrected chi connectivity index (χ1v) is 8.06. The van der Waals surface area contributed by atoms with E-state index in [1.165, 1.54) is 6.07 Å². The molecule has 0 aromatic heterocycles. The fourth-order valence-corrected chi connectivity index (χ4v) is 2.82. The highest BCUT2D eigenvalue weighted by atomic mass is 79.9. The van der Waals surface area contributed by atoms with Gasteiger partial charge in [0.05, 0.1) is 16.8 Å². The Morgan fingerprint density at radius 1 is 1.08 bits per heavy atom. The Hall–Kier alpha value is -1.04. The Balaban J connectivity index is 3.10. The number of halogens is 9. The van der Waals surface area contributed by atoms with Crippen LogP contribution in [-0.2, 0) is 0 Å². The molecular weight excluding hydrogens is 493 g/mol. The van der Waals surface area contributed by atoms with Crippen LogP contribution in [-0.4, -0.2) is 30.5 Å². The van der Waals surface area contributed by atoms with Gasteiger partial charge in [0.25, 0.3) is 0 Å². The number of hydrogen-bond acceptors (Lipinski definition) is 3. The molecule has 3 nitrogen and oxygen atoms in total. The second-order valence-corrected chi connectivity index (χ2v) is 6.76. The molecular formula is C13H11Br2F7N2O. The molecule has 0 atom stereocenters. The molecule has 0 amide bonds. The van der Waals surface area contributed by atoms with Crippen LogP contribution in [0.3, 0.4) is 0 Å². The predicted octanol–water partition coefficient (Wildman–Crippen LogP) is 5.71. The number of ether oxygens (including phenoxy) is 1. The van der Waals surface area contributed by atoms with Crippen molar-refractivity contribution in [3.63, 3.8) is 0 Å². The Morgan fingerprint density at radius 2 is 1.64 bits per heavy atom. The van der Waals surface area contributed by atoms with Gasteiger partial charge in [-0.25, -0.2) is 5.43 Å². The van der Waals surface area contributed by atoms with Crippen molar-refractivity contribution in [1.29, 1.82) is 0 Å². The third-order valence-electron chi connectivity index (χ3n) is 2.55. The third kappa shape index (κ3) is 5.22. The zero-order valence-corrected chi connectivity index (χ0v) is 15.7. The van der Waals surface area contributed by atoms with E-state index in [2.05, 4.69) is 37.0 Å². The summed E-state index contributed by atoms with van der Waals surface area (Å²) in [4.78, 5) is 0. The number of hydrogen-bond donors (Lipinski definition) is 1. The van der Waals surface area contributed by atoms with E-state index in [0.29, 0.717) is 20.6 Å². The van der Waals surface area contributed by atoms with Gasteiger partial charge >= 0.3 is 18.1 Å². The first-order chi connectivity index (χ1) is 11.2. The molecule has 0 aliphatic carbocycles. The van der Waals surface area contributed by atoms with Crippen molar-refractivity contribution < 1.29 is 35.5 Å². The quantitative estimate of drug-likeness (QED) is 0.233. The van der Waals surface area contributed by atoms with Crippen LogP contribution in [0.4, 0.5) is 30.7 Å². The lowest BCUT2D eigenvalue weighted by Crippen LogP contribution is -2.58. The van der Waals surface area contributed by atoms with Gasteiger partial charge in [-0.3, -0.25) is 0 Å². The van der Waals surface area contributed by atoms with Gasteiger partial charge in [0.1, 0.15) is 5.75 Å². The monoisotopic (exact) mass is 502 g/mol. The molecule has 142 valence electrons. The summed E-state index contributed by atoms with van der Waals surface area (Å²) in [6, 6.07) is -2.72. The highest BCUT2D eigenvalue weighted by molar-refractivity contribution is 9.11. The fraction of sp³-hybridized carbons (Fsp3) is 0.462. The van der Waals surface area contributed by atoms with Crippen molar-refractivity contribution in [3.05, 3.63) is 26.6 Å². The van der Waals surface area contributed by atoms with Crippen molar-refractivity contribution in [2.24, 2.45) is 5.10 Å². The van der Waals surface area contributed by atoms with E-state index >= 15 is 0 Å². The summed E-state index contributed by atoms with van der Waals surface area (Å²) in [6.07, 6.45) is -6.12. The Bertz CT molecular complexity index is 648. The highest BCUT2D eigenvalue weighted by Gasteiger charge is 2.73. The minimum Gasteiger partial charge on any atom is -0.489 e. The van der Waals surface area contributed by atoms with E-state index in [4.69, 9.17) is 4.74 Å². The largest absolute Gasteiger partial charge is 0.489 e. The maximum Gasteiger partial charge on any atom is 0.462 e. The van der Waals surface area contributed by atoms with Crippen molar-refractivity contribution in [3.8, 4) is 5.75 Å². The number of nitrogens with one attached hydrogen (secondary N) is 1. The molecule has 0 bridgehead atoms. The van der Waals surface area contributed by atoms with E-state index in [9.17, 15) is 30.7 Å². The predicted molar refractivity (Wildman–Crippen MR) is 84.3 cm³/mol. The molecule has 1 N–H and O–H groups in total. The lowest BCUT2D eigenvalue weighted by Gasteiger charge is -2.27. The Labute approximate surface area is 154 Å². The molecule has 12 heteroatoms. The van der Waals surface area contributed by atoms with Gasteiger partial charge in [-0.05, 0) is 41.9 Å². The topological polar surface area (TPSA) is 33.6 Å². The number of hydrazone groups is 1.